The van der Waals surface area contributed by atoms with Gasteiger partial charge in [-0.05, 0) is 26.9 Å². The van der Waals surface area contributed by atoms with E-state index in [0.29, 0.717) is 6.42 Å². The summed E-state index contributed by atoms with van der Waals surface area (Å²) in [6.45, 7) is 0. The van der Waals surface area contributed by atoms with Gasteiger partial charge in [0.1, 0.15) is 0 Å². The largest absolute Gasteiger partial charge is 0.226 e. The molecule has 0 heterocycles. The Morgan fingerprint density at radius 2 is 2.44 bits per heavy atom. The first kappa shape index (κ1) is 7.35. The van der Waals surface area contributed by atoms with Crippen LogP contribution in [0.15, 0.2) is 23.1 Å². The minimum Gasteiger partial charge on any atom is -0.226 e. The van der Waals surface area contributed by atoms with Crippen molar-refractivity contribution in [2.24, 2.45) is 0 Å². The lowest BCUT2D eigenvalue weighted by Gasteiger charge is -2.15. The predicted octanol–water partition coefficient (Wildman–Crippen LogP) is 2.82. The minimum atomic E-state index is -1.36. The lowest BCUT2D eigenvalue weighted by Crippen LogP contribution is -2.10. The maximum Gasteiger partial charge on any atom is 0.188 e. The van der Waals surface area contributed by atoms with Gasteiger partial charge >= 0.3 is 0 Å². The molecule has 0 aliphatic heterocycles. The van der Waals surface area contributed by atoms with Crippen LogP contribution in [-0.4, -0.2) is 4.58 Å². The number of thiol groups is 1. The molecule has 0 aromatic heterocycles. The zero-order valence-electron chi connectivity index (χ0n) is 4.64. The van der Waals surface area contributed by atoms with Gasteiger partial charge in [0.25, 0.3) is 0 Å². The van der Waals surface area contributed by atoms with E-state index in [4.69, 9.17) is 0 Å². The summed E-state index contributed by atoms with van der Waals surface area (Å²) in [6, 6.07) is 0. The molecule has 1 rings (SSSR count). The van der Waals surface area contributed by atoms with Crippen molar-refractivity contribution in [3.8, 4) is 0 Å². The topological polar surface area (TPSA) is 0 Å². The summed E-state index contributed by atoms with van der Waals surface area (Å²) in [5, 5.41) is 0. The Bertz CT molecular complexity index is 172. The van der Waals surface area contributed by atoms with Gasteiger partial charge in [-0.25, -0.2) is 4.39 Å². The standard InChI is InChI=1S/C6H6BrFS/c7-6(8)3-1-2-5(9)4-6/h1-3,9H,4H2. The third-order valence-electron chi connectivity index (χ3n) is 1.05. The summed E-state index contributed by atoms with van der Waals surface area (Å²) in [7, 11) is 0. The molecule has 1 unspecified atom stereocenters. The average molecular weight is 209 g/mol. The van der Waals surface area contributed by atoms with E-state index in [0.717, 1.165) is 4.91 Å². The smallest absolute Gasteiger partial charge is 0.188 e. The molecule has 0 radical (unpaired) electrons. The van der Waals surface area contributed by atoms with Gasteiger partial charge in [0.15, 0.2) is 4.58 Å². The minimum absolute atomic E-state index is 0.326. The number of allylic oxidation sites excluding steroid dienone is 4. The summed E-state index contributed by atoms with van der Waals surface area (Å²) in [5.41, 5.74) is 0. The predicted molar refractivity (Wildman–Crippen MR) is 43.6 cm³/mol. The molecule has 0 nitrogen and oxygen atoms in total. The summed E-state index contributed by atoms with van der Waals surface area (Å²) >= 11 is 6.90. The Morgan fingerprint density at radius 3 is 2.78 bits per heavy atom. The molecule has 0 saturated heterocycles. The molecule has 1 aliphatic rings. The second-order valence-corrected chi connectivity index (χ2v) is 3.85. The summed E-state index contributed by atoms with van der Waals surface area (Å²) < 4.78 is 11.5. The highest BCUT2D eigenvalue weighted by Crippen LogP contribution is 2.33. The fourth-order valence-electron chi connectivity index (χ4n) is 0.659. The highest BCUT2D eigenvalue weighted by atomic mass is 79.9. The van der Waals surface area contributed by atoms with E-state index in [9.17, 15) is 4.39 Å². The van der Waals surface area contributed by atoms with Gasteiger partial charge in [-0.2, -0.15) is 0 Å². The molecular weight excluding hydrogens is 203 g/mol. The molecule has 0 saturated carbocycles. The number of alkyl halides is 2. The van der Waals surface area contributed by atoms with E-state index < -0.39 is 4.58 Å². The number of rotatable bonds is 0. The van der Waals surface area contributed by atoms with E-state index in [-0.39, 0.29) is 0 Å². The zero-order chi connectivity index (χ0) is 6.91. The monoisotopic (exact) mass is 208 g/mol. The summed E-state index contributed by atoms with van der Waals surface area (Å²) in [6.07, 6.45) is 5.22. The maximum absolute atomic E-state index is 12.9. The van der Waals surface area contributed by atoms with Gasteiger partial charge in [-0.3, -0.25) is 0 Å². The molecule has 0 fully saturated rings. The van der Waals surface area contributed by atoms with Crippen LogP contribution < -0.4 is 0 Å². The second kappa shape index (κ2) is 2.46. The van der Waals surface area contributed by atoms with Crippen molar-refractivity contribution < 1.29 is 4.39 Å². The summed E-state index contributed by atoms with van der Waals surface area (Å²) in [4.78, 5) is 0.761. The van der Waals surface area contributed by atoms with Crippen molar-refractivity contribution >= 4 is 28.6 Å². The number of hydrogen-bond donors (Lipinski definition) is 1. The molecule has 0 spiro atoms. The lowest BCUT2D eigenvalue weighted by atomic mass is 10.2. The first-order chi connectivity index (χ1) is 4.10. The molecule has 0 bridgehead atoms. The van der Waals surface area contributed by atoms with Crippen molar-refractivity contribution in [3.63, 3.8) is 0 Å². The van der Waals surface area contributed by atoms with Gasteiger partial charge in [0.05, 0.1) is 0 Å². The molecule has 50 valence electrons. The molecule has 1 aliphatic carbocycles. The first-order valence-electron chi connectivity index (χ1n) is 2.55. The Labute approximate surface area is 67.4 Å². The van der Waals surface area contributed by atoms with Crippen LogP contribution in [0.4, 0.5) is 4.39 Å². The van der Waals surface area contributed by atoms with E-state index in [1.807, 2.05) is 0 Å². The molecule has 1 atom stereocenters. The van der Waals surface area contributed by atoms with Crippen LogP contribution in [0.3, 0.4) is 0 Å². The van der Waals surface area contributed by atoms with Crippen LogP contribution >= 0.6 is 28.6 Å². The van der Waals surface area contributed by atoms with Crippen LogP contribution in [0.5, 0.6) is 0 Å². The molecule has 0 aromatic rings. The average Bonchev–Trinajstić information content (AvgIpc) is 1.60. The Kier molecular flexibility index (Phi) is 2.01. The number of hydrogen-bond acceptors (Lipinski definition) is 1. The first-order valence-corrected chi connectivity index (χ1v) is 3.79. The van der Waals surface area contributed by atoms with Gasteiger partial charge in [-0.15, -0.1) is 12.6 Å². The van der Waals surface area contributed by atoms with E-state index in [1.165, 1.54) is 6.08 Å². The van der Waals surface area contributed by atoms with E-state index in [1.54, 1.807) is 12.2 Å². The lowest BCUT2D eigenvalue weighted by molar-refractivity contribution is 0.366. The highest BCUT2D eigenvalue weighted by Gasteiger charge is 2.23. The Balaban J connectivity index is 2.73. The molecular formula is C6H6BrFS. The third-order valence-corrected chi connectivity index (χ3v) is 1.90. The van der Waals surface area contributed by atoms with Crippen molar-refractivity contribution in [2.75, 3.05) is 0 Å². The van der Waals surface area contributed by atoms with Crippen LogP contribution in [0, 0.1) is 0 Å². The molecule has 9 heavy (non-hydrogen) atoms. The fraction of sp³-hybridized carbons (Fsp3) is 0.333. The second-order valence-electron chi connectivity index (χ2n) is 1.95. The summed E-state index contributed by atoms with van der Waals surface area (Å²) in [5.74, 6) is 0. The van der Waals surface area contributed by atoms with E-state index >= 15 is 0 Å². The maximum atomic E-state index is 12.9. The molecule has 0 N–H and O–H groups in total. The molecule has 3 heteroatoms. The van der Waals surface area contributed by atoms with Crippen LogP contribution in [0.25, 0.3) is 0 Å². The van der Waals surface area contributed by atoms with Gasteiger partial charge in [0.2, 0.25) is 0 Å². The van der Waals surface area contributed by atoms with Crippen LogP contribution in [0.1, 0.15) is 6.42 Å². The van der Waals surface area contributed by atoms with Gasteiger partial charge in [-0.1, -0.05) is 12.2 Å². The van der Waals surface area contributed by atoms with Crippen molar-refractivity contribution in [2.45, 2.75) is 11.0 Å². The highest BCUT2D eigenvalue weighted by molar-refractivity contribution is 9.10. The molecule has 0 amide bonds. The van der Waals surface area contributed by atoms with Gasteiger partial charge < -0.3 is 0 Å². The van der Waals surface area contributed by atoms with Gasteiger partial charge in [0, 0.05) is 6.42 Å². The zero-order valence-corrected chi connectivity index (χ0v) is 7.12. The van der Waals surface area contributed by atoms with E-state index in [2.05, 4.69) is 28.6 Å². The van der Waals surface area contributed by atoms with Crippen LogP contribution in [-0.2, 0) is 0 Å². The Hall–Kier alpha value is 0.240. The van der Waals surface area contributed by atoms with Crippen LogP contribution in [0.2, 0.25) is 0 Å². The number of halogens is 2. The SMILES string of the molecule is FC1(Br)C=CC=C(S)C1. The van der Waals surface area contributed by atoms with Crippen molar-refractivity contribution in [3.05, 3.63) is 23.1 Å². The Morgan fingerprint density at radius 1 is 1.78 bits per heavy atom. The van der Waals surface area contributed by atoms with Crippen molar-refractivity contribution in [1.29, 1.82) is 0 Å². The third kappa shape index (κ3) is 2.14. The fourth-order valence-corrected chi connectivity index (χ4v) is 1.65. The van der Waals surface area contributed by atoms with Crippen molar-refractivity contribution in [1.82, 2.24) is 0 Å². The normalized spacial score (nSPS) is 34.3. The quantitative estimate of drug-likeness (QED) is 0.460. The molecule has 0 aromatic carbocycles.